The van der Waals surface area contributed by atoms with E-state index in [0.29, 0.717) is 22.9 Å². The van der Waals surface area contributed by atoms with Crippen LogP contribution in [-0.4, -0.2) is 25.2 Å². The molecule has 1 atom stereocenters. The number of furan rings is 1. The maximum Gasteiger partial charge on any atom is 0.287 e. The Labute approximate surface area is 122 Å². The van der Waals surface area contributed by atoms with Gasteiger partial charge in [-0.3, -0.25) is 4.79 Å². The number of nitrogens with one attached hydrogen (secondary N) is 1. The molecule has 1 aromatic carbocycles. The molecule has 1 aromatic heterocycles. The largest absolute Gasteiger partial charge is 0.449 e. The molecule has 3 rings (SSSR count). The van der Waals surface area contributed by atoms with Gasteiger partial charge in [0.15, 0.2) is 11.3 Å². The van der Waals surface area contributed by atoms with Crippen molar-refractivity contribution in [2.24, 2.45) is 0 Å². The summed E-state index contributed by atoms with van der Waals surface area (Å²) in [5.74, 6) is 0.108. The molecule has 1 aliphatic heterocycles. The van der Waals surface area contributed by atoms with Gasteiger partial charge in [0.2, 0.25) is 0 Å². The van der Waals surface area contributed by atoms with E-state index in [9.17, 15) is 4.79 Å². The van der Waals surface area contributed by atoms with Gasteiger partial charge in [0, 0.05) is 24.1 Å². The van der Waals surface area contributed by atoms with Crippen LogP contribution in [0.15, 0.2) is 22.6 Å². The average Bonchev–Trinajstić information content (AvgIpc) is 3.06. The van der Waals surface area contributed by atoms with Crippen LogP contribution < -0.4 is 5.32 Å². The summed E-state index contributed by atoms with van der Waals surface area (Å²) in [6.07, 6.45) is 2.16. The lowest BCUT2D eigenvalue weighted by Gasteiger charge is -2.09. The number of fused-ring (bicyclic) bond motifs is 1. The fraction of sp³-hybridized carbons (Fsp3) is 0.400. The van der Waals surface area contributed by atoms with Crippen molar-refractivity contribution in [2.75, 3.05) is 13.2 Å². The van der Waals surface area contributed by atoms with E-state index in [-0.39, 0.29) is 12.0 Å². The van der Waals surface area contributed by atoms with Gasteiger partial charge >= 0.3 is 0 Å². The molecule has 1 aliphatic rings. The minimum absolute atomic E-state index is 0.118. The molecule has 2 aromatic rings. The maximum absolute atomic E-state index is 12.2. The van der Waals surface area contributed by atoms with Gasteiger partial charge in [-0.1, -0.05) is 23.7 Å². The number of aryl methyl sites for hydroxylation is 1. The van der Waals surface area contributed by atoms with Gasteiger partial charge in [0.1, 0.15) is 0 Å². The fourth-order valence-corrected chi connectivity index (χ4v) is 2.73. The summed E-state index contributed by atoms with van der Waals surface area (Å²) in [7, 11) is 0. The van der Waals surface area contributed by atoms with Crippen molar-refractivity contribution in [1.82, 2.24) is 5.32 Å². The first-order chi connectivity index (χ1) is 9.66. The van der Waals surface area contributed by atoms with Crippen molar-refractivity contribution in [3.05, 3.63) is 34.5 Å². The normalized spacial score (nSPS) is 18.6. The molecule has 0 bridgehead atoms. The molecule has 1 amide bonds. The Morgan fingerprint density at radius 3 is 3.05 bits per heavy atom. The summed E-state index contributed by atoms with van der Waals surface area (Å²) in [6, 6.07) is 5.50. The number of hydrogen-bond donors (Lipinski definition) is 1. The van der Waals surface area contributed by atoms with E-state index < -0.39 is 0 Å². The Morgan fingerprint density at radius 2 is 2.35 bits per heavy atom. The topological polar surface area (TPSA) is 51.5 Å². The van der Waals surface area contributed by atoms with Gasteiger partial charge < -0.3 is 14.5 Å². The molecule has 1 fully saturated rings. The predicted molar refractivity (Wildman–Crippen MR) is 77.3 cm³/mol. The van der Waals surface area contributed by atoms with E-state index in [1.165, 1.54) is 0 Å². The highest BCUT2D eigenvalue weighted by Gasteiger charge is 2.21. The summed E-state index contributed by atoms with van der Waals surface area (Å²) in [6.45, 7) is 3.16. The molecule has 0 saturated carbocycles. The van der Waals surface area contributed by atoms with E-state index in [1.54, 1.807) is 6.07 Å². The molecular weight excluding hydrogens is 278 g/mol. The molecule has 2 heterocycles. The summed E-state index contributed by atoms with van der Waals surface area (Å²) >= 11 is 6.08. The van der Waals surface area contributed by atoms with Crippen LogP contribution in [0.25, 0.3) is 11.0 Å². The van der Waals surface area contributed by atoms with E-state index in [0.717, 1.165) is 30.4 Å². The second-order valence-electron chi connectivity index (χ2n) is 5.02. The highest BCUT2D eigenvalue weighted by Crippen LogP contribution is 2.30. The van der Waals surface area contributed by atoms with Gasteiger partial charge in [0.25, 0.3) is 5.91 Å². The molecular formula is C15H16ClNO3. The number of para-hydroxylation sites is 1. The number of rotatable bonds is 3. The van der Waals surface area contributed by atoms with Gasteiger partial charge in [-0.05, 0) is 25.8 Å². The minimum Gasteiger partial charge on any atom is -0.449 e. The van der Waals surface area contributed by atoms with Crippen LogP contribution in [0.3, 0.4) is 0 Å². The van der Waals surface area contributed by atoms with Crippen LogP contribution in [0.4, 0.5) is 0 Å². The number of halogens is 1. The minimum atomic E-state index is -0.217. The van der Waals surface area contributed by atoms with Crippen molar-refractivity contribution >= 4 is 28.5 Å². The average molecular weight is 294 g/mol. The van der Waals surface area contributed by atoms with Crippen molar-refractivity contribution in [3.8, 4) is 0 Å². The zero-order chi connectivity index (χ0) is 14.1. The summed E-state index contributed by atoms with van der Waals surface area (Å²) in [5, 5.41) is 4.25. The Morgan fingerprint density at radius 1 is 1.50 bits per heavy atom. The number of hydrogen-bond acceptors (Lipinski definition) is 3. The highest BCUT2D eigenvalue weighted by molar-refractivity contribution is 6.35. The van der Waals surface area contributed by atoms with Crippen LogP contribution in [0.1, 0.15) is 29.0 Å². The van der Waals surface area contributed by atoms with Crippen LogP contribution in [-0.2, 0) is 4.74 Å². The zero-order valence-corrected chi connectivity index (χ0v) is 12.0. The SMILES string of the molecule is Cc1c(C(=O)NC[C@@H]2CCCO2)oc2c(Cl)cccc12. The number of ether oxygens (including phenoxy) is 1. The van der Waals surface area contributed by atoms with Gasteiger partial charge in [-0.15, -0.1) is 0 Å². The third-order valence-electron chi connectivity index (χ3n) is 3.64. The van der Waals surface area contributed by atoms with Crippen molar-refractivity contribution in [2.45, 2.75) is 25.9 Å². The first-order valence-corrected chi connectivity index (χ1v) is 7.12. The smallest absolute Gasteiger partial charge is 0.287 e. The van der Waals surface area contributed by atoms with E-state index >= 15 is 0 Å². The van der Waals surface area contributed by atoms with Crippen molar-refractivity contribution in [1.29, 1.82) is 0 Å². The number of carbonyl (C=O) groups is 1. The maximum atomic E-state index is 12.2. The van der Waals surface area contributed by atoms with E-state index in [4.69, 9.17) is 20.8 Å². The number of benzene rings is 1. The second-order valence-corrected chi connectivity index (χ2v) is 5.42. The predicted octanol–water partition coefficient (Wildman–Crippen LogP) is 3.30. The zero-order valence-electron chi connectivity index (χ0n) is 11.2. The standard InChI is InChI=1S/C15H16ClNO3/c1-9-11-5-2-6-12(16)14(11)20-13(9)15(18)17-8-10-4-3-7-19-10/h2,5-6,10H,3-4,7-8H2,1H3,(H,17,18)/t10-/m0/s1. The molecule has 0 aliphatic carbocycles. The lowest BCUT2D eigenvalue weighted by Crippen LogP contribution is -2.31. The lowest BCUT2D eigenvalue weighted by molar-refractivity contribution is 0.0836. The van der Waals surface area contributed by atoms with Gasteiger partial charge in [-0.25, -0.2) is 0 Å². The van der Waals surface area contributed by atoms with Crippen molar-refractivity contribution in [3.63, 3.8) is 0 Å². The molecule has 20 heavy (non-hydrogen) atoms. The quantitative estimate of drug-likeness (QED) is 0.944. The molecule has 0 unspecified atom stereocenters. The monoisotopic (exact) mass is 293 g/mol. The highest BCUT2D eigenvalue weighted by atomic mass is 35.5. The van der Waals surface area contributed by atoms with Gasteiger partial charge in [0.05, 0.1) is 11.1 Å². The Hall–Kier alpha value is -1.52. The molecule has 4 nitrogen and oxygen atoms in total. The molecule has 5 heteroatoms. The lowest BCUT2D eigenvalue weighted by atomic mass is 10.1. The van der Waals surface area contributed by atoms with Gasteiger partial charge in [-0.2, -0.15) is 0 Å². The summed E-state index contributed by atoms with van der Waals surface area (Å²) < 4.78 is 11.1. The third-order valence-corrected chi connectivity index (χ3v) is 3.93. The molecule has 106 valence electrons. The van der Waals surface area contributed by atoms with Crippen LogP contribution in [0.5, 0.6) is 0 Å². The number of amides is 1. The fourth-order valence-electron chi connectivity index (χ4n) is 2.52. The second kappa shape index (κ2) is 5.46. The van der Waals surface area contributed by atoms with Crippen LogP contribution in [0, 0.1) is 6.92 Å². The molecule has 1 N–H and O–H groups in total. The molecule has 0 radical (unpaired) electrons. The Kier molecular flexibility index (Phi) is 3.68. The molecule has 1 saturated heterocycles. The first-order valence-electron chi connectivity index (χ1n) is 6.74. The molecule has 0 spiro atoms. The van der Waals surface area contributed by atoms with E-state index in [2.05, 4.69) is 5.32 Å². The third kappa shape index (κ3) is 2.41. The first kappa shape index (κ1) is 13.5. The van der Waals surface area contributed by atoms with E-state index in [1.807, 2.05) is 19.1 Å². The van der Waals surface area contributed by atoms with Crippen LogP contribution >= 0.6 is 11.6 Å². The van der Waals surface area contributed by atoms with Crippen LogP contribution in [0.2, 0.25) is 5.02 Å². The summed E-state index contributed by atoms with van der Waals surface area (Å²) in [5.41, 5.74) is 1.38. The Balaban J connectivity index is 1.80. The Bertz CT molecular complexity index is 644. The summed E-state index contributed by atoms with van der Waals surface area (Å²) in [4.78, 5) is 12.2. The number of carbonyl (C=O) groups excluding carboxylic acids is 1. The van der Waals surface area contributed by atoms with Crippen molar-refractivity contribution < 1.29 is 13.9 Å².